The number of rotatable bonds is 5. The van der Waals surface area contributed by atoms with E-state index in [0.717, 1.165) is 7.11 Å². The van der Waals surface area contributed by atoms with Crippen LogP contribution >= 0.6 is 0 Å². The number of nitrogens with zero attached hydrogens (tertiary/aromatic N) is 4. The minimum atomic E-state index is -0.912. The number of amides is 2. The second kappa shape index (κ2) is 8.93. The molecule has 2 amide bonds. The summed E-state index contributed by atoms with van der Waals surface area (Å²) in [6.07, 6.45) is 1.99. The minimum absolute atomic E-state index is 0.187. The molecule has 0 radical (unpaired) electrons. The van der Waals surface area contributed by atoms with Crippen LogP contribution in [-0.2, 0) is 14.2 Å². The summed E-state index contributed by atoms with van der Waals surface area (Å²) in [5.41, 5.74) is -0.0211. The normalized spacial score (nSPS) is 22.1. The first-order valence-electron chi connectivity index (χ1n) is 11.3. The van der Waals surface area contributed by atoms with E-state index in [1.54, 1.807) is 12.1 Å². The van der Waals surface area contributed by atoms with Gasteiger partial charge < -0.3 is 23.8 Å². The van der Waals surface area contributed by atoms with Crippen molar-refractivity contribution in [2.75, 3.05) is 48.5 Å². The molecule has 3 aliphatic heterocycles. The molecule has 35 heavy (non-hydrogen) atoms. The Balaban J connectivity index is 1.33. The smallest absolute Gasteiger partial charge is 0.359 e. The minimum Gasteiger partial charge on any atom is -0.491 e. The van der Waals surface area contributed by atoms with E-state index >= 15 is 0 Å². The van der Waals surface area contributed by atoms with Crippen molar-refractivity contribution < 1.29 is 32.9 Å². The summed E-state index contributed by atoms with van der Waals surface area (Å²) in [5.74, 6) is -1.38. The third kappa shape index (κ3) is 4.58. The number of halogens is 1. The molecule has 2 unspecified atom stereocenters. The number of anilines is 3. The summed E-state index contributed by atoms with van der Waals surface area (Å²) < 4.78 is 36.3. The second-order valence-electron chi connectivity index (χ2n) is 8.98. The first kappa shape index (κ1) is 23.2. The number of fused-ring (bicyclic) bond motifs is 4. The van der Waals surface area contributed by atoms with Gasteiger partial charge in [0.25, 0.3) is 0 Å². The van der Waals surface area contributed by atoms with Gasteiger partial charge in [0.1, 0.15) is 24.3 Å². The van der Waals surface area contributed by atoms with E-state index in [4.69, 9.17) is 14.2 Å². The van der Waals surface area contributed by atoms with Crippen molar-refractivity contribution in [1.29, 1.82) is 0 Å². The summed E-state index contributed by atoms with van der Waals surface area (Å²) in [7, 11) is 1.15. The molecule has 1 N–H and O–H groups in total. The first-order chi connectivity index (χ1) is 16.7. The SMILES string of the molecule is COC(=O)c1nc2c(cc1F)N1CCC(C1)N2C(=O)Nc1cc(OCC2COC(C)(C)O2)ccn1. The van der Waals surface area contributed by atoms with Gasteiger partial charge in [-0.25, -0.2) is 23.9 Å². The lowest BCUT2D eigenvalue weighted by molar-refractivity contribution is -0.141. The van der Waals surface area contributed by atoms with Crippen LogP contribution in [0.3, 0.4) is 0 Å². The van der Waals surface area contributed by atoms with Crippen LogP contribution in [0.4, 0.5) is 26.5 Å². The number of nitrogens with one attached hydrogen (secondary N) is 1. The molecule has 11 nitrogen and oxygen atoms in total. The van der Waals surface area contributed by atoms with E-state index in [1.807, 2.05) is 18.7 Å². The number of hydrogen-bond donors (Lipinski definition) is 1. The number of urea groups is 1. The molecule has 0 aliphatic carbocycles. The maximum Gasteiger partial charge on any atom is 0.359 e. The molecule has 2 aromatic heterocycles. The molecule has 2 saturated heterocycles. The monoisotopic (exact) mass is 487 g/mol. The van der Waals surface area contributed by atoms with Crippen molar-refractivity contribution in [2.24, 2.45) is 0 Å². The third-order valence-electron chi connectivity index (χ3n) is 6.10. The van der Waals surface area contributed by atoms with Crippen LogP contribution in [0.2, 0.25) is 0 Å². The zero-order valence-electron chi connectivity index (χ0n) is 19.6. The predicted octanol–water partition coefficient (Wildman–Crippen LogP) is 2.56. The molecule has 12 heteroatoms. The molecular weight excluding hydrogens is 461 g/mol. The number of methoxy groups -OCH3 is 1. The van der Waals surface area contributed by atoms with E-state index in [0.29, 0.717) is 37.6 Å². The molecule has 2 aromatic rings. The number of aromatic nitrogens is 2. The fourth-order valence-corrected chi connectivity index (χ4v) is 4.50. The molecule has 2 fully saturated rings. The van der Waals surface area contributed by atoms with Crippen LogP contribution in [0.1, 0.15) is 30.8 Å². The molecular formula is C23H26FN5O6. The van der Waals surface area contributed by atoms with Gasteiger partial charge in [0.05, 0.1) is 25.4 Å². The molecule has 5 heterocycles. The fourth-order valence-electron chi connectivity index (χ4n) is 4.50. The van der Waals surface area contributed by atoms with Gasteiger partial charge in [0.15, 0.2) is 23.1 Å². The lowest BCUT2D eigenvalue weighted by Gasteiger charge is -2.35. The molecule has 2 bridgehead atoms. The Hall–Kier alpha value is -3.51. The van der Waals surface area contributed by atoms with E-state index in [1.165, 1.54) is 17.2 Å². The van der Waals surface area contributed by atoms with Gasteiger partial charge in [-0.05, 0) is 26.3 Å². The highest BCUT2D eigenvalue weighted by atomic mass is 19.1. The maximum absolute atomic E-state index is 14.5. The van der Waals surface area contributed by atoms with Crippen LogP contribution in [0, 0.1) is 5.82 Å². The zero-order chi connectivity index (χ0) is 24.7. The maximum atomic E-state index is 14.5. The number of carbonyl (C=O) groups excluding carboxylic acids is 2. The van der Waals surface area contributed by atoms with E-state index in [2.05, 4.69) is 20.0 Å². The summed E-state index contributed by atoms with van der Waals surface area (Å²) in [6, 6.07) is 3.82. The largest absolute Gasteiger partial charge is 0.491 e. The average Bonchev–Trinajstić information content (AvgIpc) is 3.41. The number of carbonyl (C=O) groups is 2. The van der Waals surface area contributed by atoms with Gasteiger partial charge in [-0.2, -0.15) is 0 Å². The molecule has 5 rings (SSSR count). The van der Waals surface area contributed by atoms with Gasteiger partial charge in [-0.1, -0.05) is 0 Å². The van der Waals surface area contributed by atoms with Crippen molar-refractivity contribution in [3.8, 4) is 5.75 Å². The Morgan fingerprint density at radius 3 is 2.91 bits per heavy atom. The highest BCUT2D eigenvalue weighted by Crippen LogP contribution is 2.40. The van der Waals surface area contributed by atoms with Crippen LogP contribution in [-0.4, -0.2) is 73.3 Å². The molecule has 3 aliphatic rings. The van der Waals surface area contributed by atoms with Gasteiger partial charge in [0, 0.05) is 31.4 Å². The number of esters is 1. The van der Waals surface area contributed by atoms with Crippen LogP contribution < -0.4 is 19.9 Å². The van der Waals surface area contributed by atoms with Crippen LogP contribution in [0.5, 0.6) is 5.75 Å². The van der Waals surface area contributed by atoms with Crippen molar-refractivity contribution in [3.05, 3.63) is 35.9 Å². The van der Waals surface area contributed by atoms with Crippen molar-refractivity contribution in [2.45, 2.75) is 38.2 Å². The Morgan fingerprint density at radius 1 is 1.34 bits per heavy atom. The standard InChI is InChI=1S/C23H26FN5O6/c1-23(2)34-12-15(35-23)11-33-14-4-6-25-18(8-14)26-22(31)29-13-5-7-28(10-13)17-9-16(24)19(21(30)32-3)27-20(17)29/h4,6,8-9,13,15H,5,7,10-12H2,1-3H3,(H,25,26,31). The summed E-state index contributed by atoms with van der Waals surface area (Å²) in [5, 5.41) is 2.77. The van der Waals surface area contributed by atoms with Crippen LogP contribution in [0.15, 0.2) is 24.4 Å². The lowest BCUT2D eigenvalue weighted by Crippen LogP contribution is -2.48. The lowest BCUT2D eigenvalue weighted by atomic mass is 10.1. The van der Waals surface area contributed by atoms with E-state index in [-0.39, 0.29) is 30.4 Å². The molecule has 0 saturated carbocycles. The second-order valence-corrected chi connectivity index (χ2v) is 8.98. The Kier molecular flexibility index (Phi) is 5.93. The Bertz CT molecular complexity index is 1160. The van der Waals surface area contributed by atoms with Gasteiger partial charge in [0.2, 0.25) is 0 Å². The number of pyridine rings is 2. The van der Waals surface area contributed by atoms with Gasteiger partial charge >= 0.3 is 12.0 Å². The van der Waals surface area contributed by atoms with Crippen molar-refractivity contribution in [3.63, 3.8) is 0 Å². The predicted molar refractivity (Wildman–Crippen MR) is 122 cm³/mol. The van der Waals surface area contributed by atoms with Crippen molar-refractivity contribution in [1.82, 2.24) is 9.97 Å². The quantitative estimate of drug-likeness (QED) is 0.636. The number of hydrogen-bond acceptors (Lipinski definition) is 9. The van der Waals surface area contributed by atoms with E-state index in [9.17, 15) is 14.0 Å². The third-order valence-corrected chi connectivity index (χ3v) is 6.10. The molecule has 186 valence electrons. The fraction of sp³-hybridized carbons (Fsp3) is 0.478. The summed E-state index contributed by atoms with van der Waals surface area (Å²) in [6.45, 7) is 5.57. The van der Waals surface area contributed by atoms with Crippen LogP contribution in [0.25, 0.3) is 0 Å². The average molecular weight is 487 g/mol. The van der Waals surface area contributed by atoms with Crippen molar-refractivity contribution >= 4 is 29.3 Å². The molecule has 0 spiro atoms. The summed E-state index contributed by atoms with van der Waals surface area (Å²) in [4.78, 5) is 37.1. The molecule has 0 aromatic carbocycles. The first-order valence-corrected chi connectivity index (χ1v) is 11.3. The van der Waals surface area contributed by atoms with Gasteiger partial charge in [-0.3, -0.25) is 10.2 Å². The highest BCUT2D eigenvalue weighted by Gasteiger charge is 2.41. The van der Waals surface area contributed by atoms with E-state index < -0.39 is 29.3 Å². The Labute approximate surface area is 201 Å². The zero-order valence-corrected chi connectivity index (χ0v) is 19.6. The summed E-state index contributed by atoms with van der Waals surface area (Å²) >= 11 is 0. The topological polar surface area (TPSA) is 115 Å². The van der Waals surface area contributed by atoms with Gasteiger partial charge in [-0.15, -0.1) is 0 Å². The Morgan fingerprint density at radius 2 is 2.17 bits per heavy atom. The molecule has 2 atom stereocenters. The number of ether oxygens (including phenoxy) is 4. The highest BCUT2D eigenvalue weighted by molar-refractivity contribution is 6.04.